The average Bonchev–Trinajstić information content (AvgIpc) is 2.86. The zero-order chi connectivity index (χ0) is 16.3. The number of esters is 1. The van der Waals surface area contributed by atoms with Crippen LogP contribution in [0.15, 0.2) is 10.7 Å². The summed E-state index contributed by atoms with van der Waals surface area (Å²) in [6, 6.07) is 1.72. The lowest BCUT2D eigenvalue weighted by molar-refractivity contribution is -0.143. The third-order valence-electron chi connectivity index (χ3n) is 3.96. The highest BCUT2D eigenvalue weighted by Crippen LogP contribution is 2.24. The number of halogens is 2. The summed E-state index contributed by atoms with van der Waals surface area (Å²) in [6.45, 7) is 4.42. The number of amides is 1. The molecule has 1 aromatic heterocycles. The minimum atomic E-state index is -0.805. The summed E-state index contributed by atoms with van der Waals surface area (Å²) in [5, 5.41) is 0.396. The van der Waals surface area contributed by atoms with Gasteiger partial charge < -0.3 is 14.6 Å². The molecule has 1 aromatic rings. The lowest BCUT2D eigenvalue weighted by Gasteiger charge is -2.36. The lowest BCUT2D eigenvalue weighted by atomic mass is 9.99. The third kappa shape index (κ3) is 3.84. The van der Waals surface area contributed by atoms with Gasteiger partial charge in [0, 0.05) is 12.6 Å². The molecule has 0 aliphatic carbocycles. The zero-order valence-corrected chi connectivity index (χ0v) is 15.0. The number of likely N-dealkylation sites (tertiary alicyclic amines) is 1. The van der Waals surface area contributed by atoms with Crippen molar-refractivity contribution in [3.8, 4) is 0 Å². The van der Waals surface area contributed by atoms with Gasteiger partial charge in [-0.1, -0.05) is 18.5 Å². The van der Waals surface area contributed by atoms with E-state index in [-0.39, 0.29) is 17.6 Å². The van der Waals surface area contributed by atoms with E-state index in [1.54, 1.807) is 6.92 Å². The molecule has 0 radical (unpaired) electrons. The maximum absolute atomic E-state index is 12.5. The van der Waals surface area contributed by atoms with Crippen LogP contribution in [0.25, 0.3) is 0 Å². The first-order valence-electron chi connectivity index (χ1n) is 7.49. The fraction of sp³-hybridized carbons (Fsp3) is 0.600. The van der Waals surface area contributed by atoms with E-state index in [1.165, 1.54) is 6.07 Å². The molecule has 22 heavy (non-hydrogen) atoms. The smallest absolute Gasteiger partial charge is 0.355 e. The van der Waals surface area contributed by atoms with Crippen molar-refractivity contribution < 1.29 is 14.3 Å². The van der Waals surface area contributed by atoms with Gasteiger partial charge in [0.15, 0.2) is 6.10 Å². The fourth-order valence-electron chi connectivity index (χ4n) is 2.74. The Morgan fingerprint density at radius 1 is 1.55 bits per heavy atom. The fourth-order valence-corrected chi connectivity index (χ4v) is 3.22. The minimum Gasteiger partial charge on any atom is -0.448 e. The van der Waals surface area contributed by atoms with E-state index >= 15 is 0 Å². The highest BCUT2D eigenvalue weighted by molar-refractivity contribution is 9.10. The van der Waals surface area contributed by atoms with Crippen LogP contribution in [0, 0.1) is 0 Å². The van der Waals surface area contributed by atoms with Gasteiger partial charge in [0.2, 0.25) is 0 Å². The SMILES string of the molecule is CC[C@@H]1CCCCN1C(=O)[C@H](C)OC(=O)c1cc(Cl)c(Br)[nH]1. The standard InChI is InChI=1S/C15H20BrClN2O3/c1-3-10-6-4-5-7-19(10)14(20)9(2)22-15(21)12-8-11(17)13(16)18-12/h8-10,18H,3-7H2,1-2H3/t9-,10+/m0/s1. The number of hydrogen-bond acceptors (Lipinski definition) is 3. The number of hydrogen-bond donors (Lipinski definition) is 1. The molecule has 1 aliphatic heterocycles. The summed E-state index contributed by atoms with van der Waals surface area (Å²) in [6.07, 6.45) is 3.28. The van der Waals surface area contributed by atoms with Crippen LogP contribution in [0.1, 0.15) is 50.0 Å². The second-order valence-electron chi connectivity index (χ2n) is 5.48. The van der Waals surface area contributed by atoms with E-state index < -0.39 is 12.1 Å². The largest absolute Gasteiger partial charge is 0.448 e. The van der Waals surface area contributed by atoms with Crippen LogP contribution in [0.2, 0.25) is 5.02 Å². The summed E-state index contributed by atoms with van der Waals surface area (Å²) in [5.74, 6) is -0.713. The molecule has 0 bridgehead atoms. The third-order valence-corrected chi connectivity index (χ3v) is 5.11. The molecule has 2 rings (SSSR count). The molecule has 0 aromatic carbocycles. The van der Waals surface area contributed by atoms with Gasteiger partial charge in [0.05, 0.1) is 5.02 Å². The molecule has 0 unspecified atom stereocenters. The van der Waals surface area contributed by atoms with Crippen LogP contribution >= 0.6 is 27.5 Å². The molecule has 122 valence electrons. The van der Waals surface area contributed by atoms with Gasteiger partial charge in [-0.2, -0.15) is 0 Å². The molecule has 1 fully saturated rings. The van der Waals surface area contributed by atoms with E-state index in [1.807, 2.05) is 4.90 Å². The predicted molar refractivity (Wildman–Crippen MR) is 88.0 cm³/mol. The monoisotopic (exact) mass is 390 g/mol. The highest BCUT2D eigenvalue weighted by Gasteiger charge is 2.30. The molecule has 5 nitrogen and oxygen atoms in total. The Bertz CT molecular complexity index is 541. The minimum absolute atomic E-state index is 0.128. The Balaban J connectivity index is 1.99. The molecule has 1 amide bonds. The molecule has 0 saturated carbocycles. The first kappa shape index (κ1) is 17.3. The summed E-state index contributed by atoms with van der Waals surface area (Å²) >= 11 is 9.06. The van der Waals surface area contributed by atoms with E-state index in [0.29, 0.717) is 9.63 Å². The number of carbonyl (C=O) groups is 2. The predicted octanol–water partition coefficient (Wildman–Crippen LogP) is 3.77. The van der Waals surface area contributed by atoms with Gasteiger partial charge in [0.1, 0.15) is 10.3 Å². The van der Waals surface area contributed by atoms with E-state index in [4.69, 9.17) is 16.3 Å². The number of piperidine rings is 1. The van der Waals surface area contributed by atoms with Crippen molar-refractivity contribution in [1.82, 2.24) is 9.88 Å². The van der Waals surface area contributed by atoms with Crippen molar-refractivity contribution in [3.05, 3.63) is 21.4 Å². The van der Waals surface area contributed by atoms with Crippen molar-refractivity contribution >= 4 is 39.4 Å². The normalized spacial score (nSPS) is 19.8. The molecule has 2 heterocycles. The maximum Gasteiger partial charge on any atom is 0.355 e. The second kappa shape index (κ2) is 7.51. The van der Waals surface area contributed by atoms with Gasteiger partial charge in [0.25, 0.3) is 5.91 Å². The van der Waals surface area contributed by atoms with Crippen LogP contribution in [-0.4, -0.2) is 40.5 Å². The highest BCUT2D eigenvalue weighted by atomic mass is 79.9. The summed E-state index contributed by atoms with van der Waals surface area (Å²) in [7, 11) is 0. The molecular formula is C15H20BrClN2O3. The van der Waals surface area contributed by atoms with E-state index in [9.17, 15) is 9.59 Å². The summed E-state index contributed by atoms with van der Waals surface area (Å²) < 4.78 is 5.79. The Morgan fingerprint density at radius 3 is 2.86 bits per heavy atom. The van der Waals surface area contributed by atoms with Gasteiger partial charge in [-0.05, 0) is 54.6 Å². The van der Waals surface area contributed by atoms with Crippen molar-refractivity contribution in [1.29, 1.82) is 0 Å². The molecule has 7 heteroatoms. The number of aromatic amines is 1. The number of nitrogens with zero attached hydrogens (tertiary/aromatic N) is 1. The zero-order valence-electron chi connectivity index (χ0n) is 12.7. The first-order valence-corrected chi connectivity index (χ1v) is 8.66. The molecule has 2 atom stereocenters. The van der Waals surface area contributed by atoms with Crippen molar-refractivity contribution in [3.63, 3.8) is 0 Å². The first-order chi connectivity index (χ1) is 10.4. The van der Waals surface area contributed by atoms with E-state index in [2.05, 4.69) is 27.8 Å². The molecular weight excluding hydrogens is 372 g/mol. The molecule has 1 saturated heterocycles. The van der Waals surface area contributed by atoms with Crippen LogP contribution in [-0.2, 0) is 9.53 Å². The van der Waals surface area contributed by atoms with Crippen molar-refractivity contribution in [2.45, 2.75) is 51.7 Å². The van der Waals surface area contributed by atoms with E-state index in [0.717, 1.165) is 32.2 Å². The Kier molecular flexibility index (Phi) is 5.92. The maximum atomic E-state index is 12.5. The lowest BCUT2D eigenvalue weighted by Crippen LogP contribution is -2.48. The van der Waals surface area contributed by atoms with Gasteiger partial charge >= 0.3 is 5.97 Å². The Labute approximate surface area is 143 Å². The molecule has 0 spiro atoms. The van der Waals surface area contributed by atoms with Gasteiger partial charge in [-0.25, -0.2) is 4.79 Å². The summed E-state index contributed by atoms with van der Waals surface area (Å²) in [4.78, 5) is 29.2. The van der Waals surface area contributed by atoms with Crippen LogP contribution in [0.3, 0.4) is 0 Å². The molecule has 1 aliphatic rings. The van der Waals surface area contributed by atoms with Crippen LogP contribution in [0.4, 0.5) is 0 Å². The Morgan fingerprint density at radius 2 is 2.27 bits per heavy atom. The van der Waals surface area contributed by atoms with Crippen LogP contribution in [0.5, 0.6) is 0 Å². The quantitative estimate of drug-likeness (QED) is 0.795. The number of rotatable bonds is 4. The average molecular weight is 392 g/mol. The number of ether oxygens (including phenoxy) is 1. The van der Waals surface area contributed by atoms with Gasteiger partial charge in [-0.15, -0.1) is 0 Å². The van der Waals surface area contributed by atoms with Crippen LogP contribution < -0.4 is 0 Å². The van der Waals surface area contributed by atoms with Gasteiger partial charge in [-0.3, -0.25) is 4.79 Å². The number of aromatic nitrogens is 1. The van der Waals surface area contributed by atoms with Crippen molar-refractivity contribution in [2.75, 3.05) is 6.54 Å². The molecule has 1 N–H and O–H groups in total. The Hall–Kier alpha value is -1.01. The van der Waals surface area contributed by atoms with Crippen molar-refractivity contribution in [2.24, 2.45) is 0 Å². The number of carbonyl (C=O) groups excluding carboxylic acids is 2. The second-order valence-corrected chi connectivity index (χ2v) is 6.68. The summed E-state index contributed by atoms with van der Waals surface area (Å²) in [5.41, 5.74) is 0.224. The topological polar surface area (TPSA) is 62.4 Å². The number of H-pyrrole nitrogens is 1. The number of nitrogens with one attached hydrogen (secondary N) is 1.